The second-order valence-corrected chi connectivity index (χ2v) is 21.7. The van der Waals surface area contributed by atoms with Crippen LogP contribution in [-0.2, 0) is 14.3 Å². The predicted octanol–water partition coefficient (Wildman–Crippen LogP) is 19.8. The number of amides is 1. The normalized spacial score (nSPS) is 12.7. The van der Waals surface area contributed by atoms with Gasteiger partial charge in [0.2, 0.25) is 5.91 Å². The zero-order chi connectivity index (χ0) is 50.7. The number of nitrogens with one attached hydrogen (secondary N) is 1. The summed E-state index contributed by atoms with van der Waals surface area (Å²) >= 11 is 0. The average Bonchev–Trinajstić information content (AvgIpc) is 3.36. The first-order valence-electron chi connectivity index (χ1n) is 31.6. The monoisotopic (exact) mass is 986 g/mol. The molecule has 0 aliphatic rings. The van der Waals surface area contributed by atoms with Crippen LogP contribution in [0, 0.1) is 0 Å². The zero-order valence-corrected chi connectivity index (χ0v) is 47.3. The second-order valence-electron chi connectivity index (χ2n) is 21.7. The van der Waals surface area contributed by atoms with E-state index in [1.807, 2.05) is 0 Å². The van der Waals surface area contributed by atoms with Crippen LogP contribution in [0.1, 0.15) is 348 Å². The number of ether oxygens (including phenoxy) is 1. The van der Waals surface area contributed by atoms with E-state index in [1.165, 1.54) is 270 Å². The number of aliphatic hydroxyl groups is 2. The second kappa shape index (κ2) is 59.9. The maximum absolute atomic E-state index is 12.5. The number of esters is 1. The molecule has 1 amide bonds. The molecule has 70 heavy (non-hydrogen) atoms. The molecule has 3 N–H and O–H groups in total. The lowest BCUT2D eigenvalue weighted by Crippen LogP contribution is -2.45. The van der Waals surface area contributed by atoms with Gasteiger partial charge in [-0.3, -0.25) is 9.59 Å². The molecule has 2 atom stereocenters. The lowest BCUT2D eigenvalue weighted by Gasteiger charge is -2.22. The van der Waals surface area contributed by atoms with Crippen LogP contribution in [0.25, 0.3) is 0 Å². The molecule has 0 aliphatic carbocycles. The smallest absolute Gasteiger partial charge is 0.305 e. The van der Waals surface area contributed by atoms with Crippen molar-refractivity contribution in [2.45, 2.75) is 360 Å². The van der Waals surface area contributed by atoms with E-state index in [-0.39, 0.29) is 18.5 Å². The number of aliphatic hydroxyl groups excluding tert-OH is 2. The highest BCUT2D eigenvalue weighted by Crippen LogP contribution is 2.18. The maximum Gasteiger partial charge on any atom is 0.305 e. The van der Waals surface area contributed by atoms with Crippen LogP contribution in [0.2, 0.25) is 0 Å². The van der Waals surface area contributed by atoms with Crippen LogP contribution in [0.3, 0.4) is 0 Å². The maximum atomic E-state index is 12.5. The molecule has 0 saturated carbocycles. The molecule has 2 unspecified atom stereocenters. The van der Waals surface area contributed by atoms with E-state index in [1.54, 1.807) is 0 Å². The van der Waals surface area contributed by atoms with Crippen molar-refractivity contribution >= 4 is 11.9 Å². The Labute approximate surface area is 437 Å². The minimum absolute atomic E-state index is 0.00552. The third kappa shape index (κ3) is 55.7. The molecule has 0 rings (SSSR count). The topological polar surface area (TPSA) is 95.9 Å². The van der Waals surface area contributed by atoms with E-state index in [0.717, 1.165) is 44.9 Å². The van der Waals surface area contributed by atoms with Crippen LogP contribution < -0.4 is 5.32 Å². The molecular weight excluding hydrogens is 863 g/mol. The van der Waals surface area contributed by atoms with Gasteiger partial charge in [0.05, 0.1) is 25.4 Å². The Morgan fingerprint density at radius 2 is 0.686 bits per heavy atom. The molecule has 6 heteroatoms. The highest BCUT2D eigenvalue weighted by Gasteiger charge is 2.20. The SMILES string of the molecule is CCCC/C=C\CCCCCCCC(=O)OCCCCCCCCCCCCCC/C=C\CCCCCCCCCCCCCCCC(=O)NC(CO)C(O)CCCCCCCCCCCCCCC. The van der Waals surface area contributed by atoms with E-state index >= 15 is 0 Å². The fourth-order valence-electron chi connectivity index (χ4n) is 9.85. The van der Waals surface area contributed by atoms with Crippen molar-refractivity contribution < 1.29 is 24.5 Å². The Kier molecular flexibility index (Phi) is 58.5. The zero-order valence-electron chi connectivity index (χ0n) is 47.3. The van der Waals surface area contributed by atoms with E-state index in [9.17, 15) is 19.8 Å². The van der Waals surface area contributed by atoms with Crippen LogP contribution in [0.15, 0.2) is 24.3 Å². The van der Waals surface area contributed by atoms with E-state index < -0.39 is 12.1 Å². The van der Waals surface area contributed by atoms with Crippen LogP contribution in [0.5, 0.6) is 0 Å². The minimum atomic E-state index is -0.662. The highest BCUT2D eigenvalue weighted by atomic mass is 16.5. The number of hydrogen-bond donors (Lipinski definition) is 3. The Balaban J connectivity index is 3.36. The number of carbonyl (C=O) groups excluding carboxylic acids is 2. The minimum Gasteiger partial charge on any atom is -0.466 e. The molecule has 0 aromatic carbocycles. The summed E-state index contributed by atoms with van der Waals surface area (Å²) in [6, 6.07) is -0.539. The molecule has 0 bridgehead atoms. The molecule has 0 aromatic heterocycles. The summed E-state index contributed by atoms with van der Waals surface area (Å²) in [5.41, 5.74) is 0. The van der Waals surface area contributed by atoms with Crippen molar-refractivity contribution in [3.63, 3.8) is 0 Å². The summed E-state index contributed by atoms with van der Waals surface area (Å²) in [6.45, 7) is 4.93. The third-order valence-electron chi connectivity index (χ3n) is 14.7. The fourth-order valence-corrected chi connectivity index (χ4v) is 9.85. The first-order chi connectivity index (χ1) is 34.5. The number of hydrogen-bond acceptors (Lipinski definition) is 5. The molecular formula is C64H123NO5. The highest BCUT2D eigenvalue weighted by molar-refractivity contribution is 5.76. The lowest BCUT2D eigenvalue weighted by atomic mass is 10.0. The summed E-state index contributed by atoms with van der Waals surface area (Å²) in [6.07, 6.45) is 73.5. The quantitative estimate of drug-likeness (QED) is 0.0321. The summed E-state index contributed by atoms with van der Waals surface area (Å²) < 4.78 is 5.46. The Morgan fingerprint density at radius 3 is 1.06 bits per heavy atom. The van der Waals surface area contributed by atoms with E-state index in [2.05, 4.69) is 43.5 Å². The van der Waals surface area contributed by atoms with Gasteiger partial charge in [-0.15, -0.1) is 0 Å². The van der Waals surface area contributed by atoms with Crippen molar-refractivity contribution in [3.8, 4) is 0 Å². The molecule has 0 heterocycles. The van der Waals surface area contributed by atoms with Gasteiger partial charge in [0.25, 0.3) is 0 Å². The molecule has 6 nitrogen and oxygen atoms in total. The number of rotatable bonds is 59. The van der Waals surface area contributed by atoms with Gasteiger partial charge < -0.3 is 20.3 Å². The van der Waals surface area contributed by atoms with Crippen LogP contribution in [0.4, 0.5) is 0 Å². The molecule has 0 saturated heterocycles. The number of carbonyl (C=O) groups is 2. The van der Waals surface area contributed by atoms with Gasteiger partial charge in [-0.25, -0.2) is 0 Å². The number of allylic oxidation sites excluding steroid dienone is 4. The summed E-state index contributed by atoms with van der Waals surface area (Å²) in [5, 5.41) is 23.3. The fraction of sp³-hybridized carbons (Fsp3) is 0.906. The molecule has 0 fully saturated rings. The Hall–Kier alpha value is -1.66. The molecule has 0 radical (unpaired) electrons. The molecule has 0 spiro atoms. The first-order valence-corrected chi connectivity index (χ1v) is 31.6. The van der Waals surface area contributed by atoms with Gasteiger partial charge in [0.1, 0.15) is 0 Å². The average molecular weight is 987 g/mol. The van der Waals surface area contributed by atoms with Gasteiger partial charge in [0.15, 0.2) is 0 Å². The van der Waals surface area contributed by atoms with Gasteiger partial charge in [-0.1, -0.05) is 289 Å². The predicted molar refractivity (Wildman–Crippen MR) is 306 cm³/mol. The Morgan fingerprint density at radius 1 is 0.386 bits per heavy atom. The first kappa shape index (κ1) is 68.3. The van der Waals surface area contributed by atoms with Crippen molar-refractivity contribution in [2.75, 3.05) is 13.2 Å². The van der Waals surface area contributed by atoms with Gasteiger partial charge in [-0.2, -0.15) is 0 Å². The summed E-state index contributed by atoms with van der Waals surface area (Å²) in [4.78, 5) is 24.5. The Bertz CT molecular complexity index is 1090. The lowest BCUT2D eigenvalue weighted by molar-refractivity contribution is -0.143. The standard InChI is InChI=1S/C64H123NO5/c1-3-5-7-9-11-13-15-33-37-40-44-48-52-56-62(67)61(60-66)65-63(68)57-53-49-45-41-38-34-31-29-27-25-23-21-19-17-16-18-20-22-24-26-28-30-32-35-39-43-47-51-55-59-70-64(69)58-54-50-46-42-36-14-12-10-8-6-4-2/h10,12,16,18,61-62,66-67H,3-9,11,13-15,17,19-60H2,1-2H3,(H,65,68)/b12-10-,18-16-. The van der Waals surface area contributed by atoms with Crippen molar-refractivity contribution in [2.24, 2.45) is 0 Å². The van der Waals surface area contributed by atoms with Crippen molar-refractivity contribution in [1.82, 2.24) is 5.32 Å². The van der Waals surface area contributed by atoms with Gasteiger partial charge >= 0.3 is 5.97 Å². The molecule has 0 aromatic rings. The summed E-state index contributed by atoms with van der Waals surface area (Å²) in [5.74, 6) is -0.0273. The van der Waals surface area contributed by atoms with Gasteiger partial charge in [0, 0.05) is 12.8 Å². The van der Waals surface area contributed by atoms with Crippen LogP contribution >= 0.6 is 0 Å². The van der Waals surface area contributed by atoms with E-state index in [4.69, 9.17) is 4.74 Å². The van der Waals surface area contributed by atoms with Crippen LogP contribution in [-0.4, -0.2) is 47.4 Å². The molecule has 0 aliphatic heterocycles. The van der Waals surface area contributed by atoms with E-state index in [0.29, 0.717) is 25.9 Å². The molecule has 414 valence electrons. The van der Waals surface area contributed by atoms with Crippen molar-refractivity contribution in [3.05, 3.63) is 24.3 Å². The van der Waals surface area contributed by atoms with Gasteiger partial charge in [-0.05, 0) is 70.6 Å². The van der Waals surface area contributed by atoms with Crippen molar-refractivity contribution in [1.29, 1.82) is 0 Å². The summed E-state index contributed by atoms with van der Waals surface area (Å²) in [7, 11) is 0. The third-order valence-corrected chi connectivity index (χ3v) is 14.7. The largest absolute Gasteiger partial charge is 0.466 e. The number of unbranched alkanes of at least 4 members (excludes halogenated alkanes) is 44.